The highest BCUT2D eigenvalue weighted by atomic mass is 16.5. The van der Waals surface area contributed by atoms with E-state index in [1.165, 1.54) is 32.7 Å². The van der Waals surface area contributed by atoms with Crippen LogP contribution in [0.4, 0.5) is 17.2 Å². The first-order valence-corrected chi connectivity index (χ1v) is 12.4. The van der Waals surface area contributed by atoms with Gasteiger partial charge >= 0.3 is 0 Å². The van der Waals surface area contributed by atoms with Crippen molar-refractivity contribution >= 4 is 29.0 Å². The van der Waals surface area contributed by atoms with Crippen LogP contribution in [0.2, 0.25) is 0 Å². The van der Waals surface area contributed by atoms with E-state index in [9.17, 15) is 9.59 Å². The van der Waals surface area contributed by atoms with Gasteiger partial charge in [-0.15, -0.1) is 10.2 Å². The van der Waals surface area contributed by atoms with Gasteiger partial charge < -0.3 is 25.6 Å². The molecule has 1 aromatic carbocycles. The van der Waals surface area contributed by atoms with Crippen molar-refractivity contribution in [1.82, 2.24) is 35.2 Å². The molecule has 1 saturated heterocycles. The van der Waals surface area contributed by atoms with Gasteiger partial charge in [-0.05, 0) is 38.1 Å². The zero-order chi connectivity index (χ0) is 26.2. The summed E-state index contributed by atoms with van der Waals surface area (Å²) in [6, 6.07) is 7.07. The molecule has 37 heavy (non-hydrogen) atoms. The van der Waals surface area contributed by atoms with Crippen LogP contribution in [-0.2, 0) is 11.8 Å². The molecule has 0 saturated carbocycles. The predicted molar refractivity (Wildman–Crippen MR) is 140 cm³/mol. The van der Waals surface area contributed by atoms with E-state index < -0.39 is 5.91 Å². The molecule has 4 rings (SSSR count). The Morgan fingerprint density at radius 3 is 2.54 bits per heavy atom. The number of carbonyl (C=O) groups excluding carboxylic acids is 2. The lowest BCUT2D eigenvalue weighted by Gasteiger charge is -2.19. The predicted octanol–water partition coefficient (Wildman–Crippen LogP) is 2.59. The number of nitrogens with one attached hydrogen (secondary N) is 3. The van der Waals surface area contributed by atoms with Crippen molar-refractivity contribution in [3.63, 3.8) is 0 Å². The Labute approximate surface area is 215 Å². The fraction of sp³-hybridized carbons (Fsp3) is 0.440. The molecule has 0 unspecified atom stereocenters. The highest BCUT2D eigenvalue weighted by molar-refractivity contribution is 5.99. The lowest BCUT2D eigenvalue weighted by Crippen LogP contribution is -2.29. The van der Waals surface area contributed by atoms with Crippen LogP contribution in [0.3, 0.4) is 0 Å². The van der Waals surface area contributed by atoms with Crippen molar-refractivity contribution in [3.8, 4) is 17.1 Å². The topological polar surface area (TPSA) is 139 Å². The summed E-state index contributed by atoms with van der Waals surface area (Å²) in [7, 11) is 4.85. The number of hydrogen-bond acceptors (Lipinski definition) is 9. The fourth-order valence-electron chi connectivity index (χ4n) is 4.30. The standard InChI is InChI=1S/C25H33N9O3/c1-26-25(36)22-19(28-18-10-8-9-17(23(18)37-3)24-27-16-33(2)32-24)15-20(30-31-22)29-21(35)11-14-34-12-6-4-5-7-13-34/h8-10,15-16H,4-7,11-14H2,1-3H3,(H,26,36)(H2,28,29,30,35). The average molecular weight is 508 g/mol. The summed E-state index contributed by atoms with van der Waals surface area (Å²) < 4.78 is 7.27. The van der Waals surface area contributed by atoms with E-state index in [1.807, 2.05) is 12.1 Å². The van der Waals surface area contributed by atoms with Crippen LogP contribution in [0.1, 0.15) is 42.6 Å². The van der Waals surface area contributed by atoms with Crippen molar-refractivity contribution in [2.45, 2.75) is 32.1 Å². The van der Waals surface area contributed by atoms with Gasteiger partial charge in [0, 0.05) is 33.1 Å². The van der Waals surface area contributed by atoms with Crippen LogP contribution < -0.4 is 20.7 Å². The first-order valence-electron chi connectivity index (χ1n) is 12.4. The van der Waals surface area contributed by atoms with Gasteiger partial charge in [0.2, 0.25) is 5.91 Å². The first-order chi connectivity index (χ1) is 18.0. The Balaban J connectivity index is 1.55. The molecule has 0 spiro atoms. The molecular formula is C25H33N9O3. The lowest BCUT2D eigenvalue weighted by atomic mass is 10.1. The minimum Gasteiger partial charge on any atom is -0.494 e. The van der Waals surface area contributed by atoms with Gasteiger partial charge in [0.1, 0.15) is 6.33 Å². The summed E-state index contributed by atoms with van der Waals surface area (Å²) in [4.78, 5) is 31.8. The maximum absolute atomic E-state index is 12.6. The molecule has 3 aromatic rings. The average Bonchev–Trinajstić information content (AvgIpc) is 3.16. The van der Waals surface area contributed by atoms with Crippen molar-refractivity contribution in [3.05, 3.63) is 36.3 Å². The monoisotopic (exact) mass is 507 g/mol. The van der Waals surface area contributed by atoms with Crippen LogP contribution in [0.15, 0.2) is 30.6 Å². The molecule has 2 aromatic heterocycles. The van der Waals surface area contributed by atoms with Gasteiger partial charge in [-0.2, -0.15) is 5.10 Å². The Bertz CT molecular complexity index is 1240. The van der Waals surface area contributed by atoms with Crippen LogP contribution in [-0.4, -0.2) is 75.5 Å². The quantitative estimate of drug-likeness (QED) is 0.399. The lowest BCUT2D eigenvalue weighted by molar-refractivity contribution is -0.116. The van der Waals surface area contributed by atoms with E-state index in [1.54, 1.807) is 37.3 Å². The summed E-state index contributed by atoms with van der Waals surface area (Å²) in [5.74, 6) is 0.669. The number of hydrogen-bond donors (Lipinski definition) is 3. The van der Waals surface area contributed by atoms with Crippen LogP contribution >= 0.6 is 0 Å². The van der Waals surface area contributed by atoms with Crippen molar-refractivity contribution in [2.75, 3.05) is 44.4 Å². The van der Waals surface area contributed by atoms with E-state index in [-0.39, 0.29) is 17.4 Å². The minimum atomic E-state index is -0.421. The normalized spacial score (nSPS) is 14.0. The number of aromatic nitrogens is 5. The SMILES string of the molecule is CNC(=O)c1nnc(NC(=O)CCN2CCCCCC2)cc1Nc1cccc(-c2ncn(C)n2)c1OC. The first kappa shape index (κ1) is 26.0. The molecule has 1 aliphatic heterocycles. The summed E-state index contributed by atoms with van der Waals surface area (Å²) in [5.41, 5.74) is 1.69. The second-order valence-electron chi connectivity index (χ2n) is 8.88. The van der Waals surface area contributed by atoms with Crippen molar-refractivity contribution < 1.29 is 14.3 Å². The third-order valence-corrected chi connectivity index (χ3v) is 6.19. The van der Waals surface area contributed by atoms with Gasteiger partial charge in [0.05, 0.1) is 24.0 Å². The molecule has 12 nitrogen and oxygen atoms in total. The molecule has 3 N–H and O–H groups in total. The summed E-state index contributed by atoms with van der Waals surface area (Å²) in [5, 5.41) is 21.1. The maximum Gasteiger partial charge on any atom is 0.273 e. The highest BCUT2D eigenvalue weighted by Gasteiger charge is 2.20. The fourth-order valence-corrected chi connectivity index (χ4v) is 4.30. The summed E-state index contributed by atoms with van der Waals surface area (Å²) in [6.45, 7) is 2.75. The molecule has 1 aliphatic rings. The largest absolute Gasteiger partial charge is 0.494 e. The number of anilines is 3. The Hall–Kier alpha value is -4.06. The number of ether oxygens (including phenoxy) is 1. The number of amides is 2. The highest BCUT2D eigenvalue weighted by Crippen LogP contribution is 2.37. The summed E-state index contributed by atoms with van der Waals surface area (Å²) in [6.07, 6.45) is 6.80. The van der Waals surface area contributed by atoms with Crippen molar-refractivity contribution in [1.29, 1.82) is 0 Å². The van der Waals surface area contributed by atoms with E-state index in [2.05, 4.69) is 41.1 Å². The van der Waals surface area contributed by atoms with E-state index in [0.29, 0.717) is 41.5 Å². The number of para-hydroxylation sites is 1. The zero-order valence-corrected chi connectivity index (χ0v) is 21.5. The van der Waals surface area contributed by atoms with Gasteiger partial charge in [-0.25, -0.2) is 4.98 Å². The number of carbonyl (C=O) groups is 2. The van der Waals surface area contributed by atoms with E-state index in [4.69, 9.17) is 4.74 Å². The molecule has 0 aliphatic carbocycles. The molecule has 1 fully saturated rings. The third kappa shape index (κ3) is 6.58. The molecule has 2 amide bonds. The Kier molecular flexibility index (Phi) is 8.62. The molecular weight excluding hydrogens is 474 g/mol. The number of benzene rings is 1. The Morgan fingerprint density at radius 1 is 1.08 bits per heavy atom. The molecule has 3 heterocycles. The third-order valence-electron chi connectivity index (χ3n) is 6.19. The van der Waals surface area contributed by atoms with Crippen LogP contribution in [0.5, 0.6) is 5.75 Å². The maximum atomic E-state index is 12.6. The Morgan fingerprint density at radius 2 is 1.86 bits per heavy atom. The number of aryl methyl sites for hydroxylation is 1. The zero-order valence-electron chi connectivity index (χ0n) is 21.5. The molecule has 0 radical (unpaired) electrons. The second-order valence-corrected chi connectivity index (χ2v) is 8.88. The van der Waals surface area contributed by atoms with Gasteiger partial charge in [0.25, 0.3) is 5.91 Å². The number of rotatable bonds is 9. The van der Waals surface area contributed by atoms with Gasteiger partial charge in [0.15, 0.2) is 23.1 Å². The van der Waals surface area contributed by atoms with E-state index >= 15 is 0 Å². The van der Waals surface area contributed by atoms with Crippen LogP contribution in [0, 0.1) is 0 Å². The minimum absolute atomic E-state index is 0.0773. The number of likely N-dealkylation sites (tertiary alicyclic amines) is 1. The van der Waals surface area contributed by atoms with Crippen LogP contribution in [0.25, 0.3) is 11.4 Å². The van der Waals surface area contributed by atoms with Gasteiger partial charge in [-0.3, -0.25) is 14.3 Å². The van der Waals surface area contributed by atoms with Gasteiger partial charge in [-0.1, -0.05) is 18.9 Å². The molecule has 0 bridgehead atoms. The summed E-state index contributed by atoms with van der Waals surface area (Å²) >= 11 is 0. The van der Waals surface area contributed by atoms with Crippen molar-refractivity contribution in [2.24, 2.45) is 7.05 Å². The second kappa shape index (κ2) is 12.3. The number of nitrogens with zero attached hydrogens (tertiary/aromatic N) is 6. The molecule has 0 atom stereocenters. The smallest absolute Gasteiger partial charge is 0.273 e. The van der Waals surface area contributed by atoms with E-state index in [0.717, 1.165) is 13.1 Å². The molecule has 12 heteroatoms. The number of methoxy groups -OCH3 is 1. The molecule has 196 valence electrons.